The molecule has 0 aliphatic carbocycles. The molecular formula is C6H5Cl2FN2O. The fraction of sp³-hybridized carbons (Fsp3) is 0.167. The lowest BCUT2D eigenvalue weighted by Crippen LogP contribution is -2.01. The first-order valence-corrected chi connectivity index (χ1v) is 3.73. The molecule has 0 radical (unpaired) electrons. The molecule has 1 aromatic rings. The van der Waals surface area contributed by atoms with Gasteiger partial charge in [0.1, 0.15) is 5.15 Å². The zero-order valence-corrected chi connectivity index (χ0v) is 7.36. The third-order valence-electron chi connectivity index (χ3n) is 1.20. The summed E-state index contributed by atoms with van der Waals surface area (Å²) in [7, 11) is 0. The third-order valence-corrected chi connectivity index (χ3v) is 1.79. The van der Waals surface area contributed by atoms with Gasteiger partial charge in [-0.05, 0) is 6.07 Å². The molecule has 0 fully saturated rings. The molecule has 1 heterocycles. The maximum Gasteiger partial charge on any atom is 0.166 e. The molecule has 1 rings (SSSR count). The van der Waals surface area contributed by atoms with Crippen LogP contribution >= 0.6 is 23.2 Å². The quantitative estimate of drug-likeness (QED) is 0.600. The molecule has 0 spiro atoms. The van der Waals surface area contributed by atoms with Crippen LogP contribution in [-0.4, -0.2) is 4.98 Å². The van der Waals surface area contributed by atoms with Crippen LogP contribution in [-0.2, 0) is 11.4 Å². The molecule has 6 heteroatoms. The van der Waals surface area contributed by atoms with Crippen LogP contribution in [0.5, 0.6) is 0 Å². The third kappa shape index (κ3) is 2.04. The monoisotopic (exact) mass is 210 g/mol. The van der Waals surface area contributed by atoms with E-state index in [1.807, 2.05) is 0 Å². The molecule has 12 heavy (non-hydrogen) atoms. The normalized spacial score (nSPS) is 10.3. The summed E-state index contributed by atoms with van der Waals surface area (Å²) in [5.74, 6) is 4.13. The molecule has 1 aromatic heterocycles. The number of aromatic nitrogens is 1. The highest BCUT2D eigenvalue weighted by Gasteiger charge is 2.07. The van der Waals surface area contributed by atoms with Crippen LogP contribution in [0.15, 0.2) is 6.07 Å². The average molecular weight is 211 g/mol. The van der Waals surface area contributed by atoms with Crippen molar-refractivity contribution in [3.63, 3.8) is 0 Å². The highest BCUT2D eigenvalue weighted by Crippen LogP contribution is 2.20. The van der Waals surface area contributed by atoms with Gasteiger partial charge in [-0.3, -0.25) is 4.84 Å². The average Bonchev–Trinajstić information content (AvgIpc) is 2.01. The van der Waals surface area contributed by atoms with Crippen molar-refractivity contribution in [1.29, 1.82) is 0 Å². The minimum Gasteiger partial charge on any atom is -0.300 e. The van der Waals surface area contributed by atoms with Crippen molar-refractivity contribution in [3.05, 3.63) is 27.8 Å². The molecule has 66 valence electrons. The number of halogens is 3. The van der Waals surface area contributed by atoms with Crippen molar-refractivity contribution in [2.75, 3.05) is 0 Å². The Morgan fingerprint density at radius 2 is 2.17 bits per heavy atom. The molecule has 0 aromatic carbocycles. The SMILES string of the molecule is NOCc1cc(F)c(Cl)nc1Cl. The van der Waals surface area contributed by atoms with Crippen molar-refractivity contribution in [1.82, 2.24) is 4.98 Å². The molecule has 0 aliphatic rings. The molecule has 3 nitrogen and oxygen atoms in total. The Morgan fingerprint density at radius 1 is 1.50 bits per heavy atom. The van der Waals surface area contributed by atoms with Crippen LogP contribution in [0.4, 0.5) is 4.39 Å². The van der Waals surface area contributed by atoms with Crippen molar-refractivity contribution in [2.24, 2.45) is 5.90 Å². The van der Waals surface area contributed by atoms with E-state index in [-0.39, 0.29) is 16.9 Å². The molecule has 0 saturated carbocycles. The second-order valence-electron chi connectivity index (χ2n) is 2.02. The predicted octanol–water partition coefficient (Wildman–Crippen LogP) is 1.92. The maximum atomic E-state index is 12.7. The first-order valence-electron chi connectivity index (χ1n) is 2.97. The van der Waals surface area contributed by atoms with Crippen LogP contribution in [0.3, 0.4) is 0 Å². The summed E-state index contributed by atoms with van der Waals surface area (Å²) in [5.41, 5.74) is 0.362. The summed E-state index contributed by atoms with van der Waals surface area (Å²) < 4.78 is 12.7. The van der Waals surface area contributed by atoms with E-state index >= 15 is 0 Å². The van der Waals surface area contributed by atoms with Crippen LogP contribution in [0.2, 0.25) is 10.3 Å². The van der Waals surface area contributed by atoms with E-state index in [1.165, 1.54) is 0 Å². The van der Waals surface area contributed by atoms with Gasteiger partial charge < -0.3 is 0 Å². The van der Waals surface area contributed by atoms with Gasteiger partial charge in [0.25, 0.3) is 0 Å². The van der Waals surface area contributed by atoms with Crippen LogP contribution in [0.1, 0.15) is 5.56 Å². The molecule has 0 saturated heterocycles. The Kier molecular flexibility index (Phi) is 3.22. The van der Waals surface area contributed by atoms with Gasteiger partial charge in [-0.15, -0.1) is 0 Å². The number of hydrogen-bond acceptors (Lipinski definition) is 3. The van der Waals surface area contributed by atoms with Crippen molar-refractivity contribution >= 4 is 23.2 Å². The zero-order chi connectivity index (χ0) is 9.14. The Labute approximate surface area is 78.2 Å². The van der Waals surface area contributed by atoms with Crippen molar-refractivity contribution < 1.29 is 9.23 Å². The van der Waals surface area contributed by atoms with Crippen molar-refractivity contribution in [3.8, 4) is 0 Å². The lowest BCUT2D eigenvalue weighted by molar-refractivity contribution is 0.123. The summed E-state index contributed by atoms with van der Waals surface area (Å²) >= 11 is 10.9. The maximum absolute atomic E-state index is 12.7. The van der Waals surface area contributed by atoms with Crippen molar-refractivity contribution in [2.45, 2.75) is 6.61 Å². The van der Waals surface area contributed by atoms with E-state index < -0.39 is 5.82 Å². The summed E-state index contributed by atoms with van der Waals surface area (Å²) in [5, 5.41) is -0.173. The predicted molar refractivity (Wildman–Crippen MR) is 43.2 cm³/mol. The van der Waals surface area contributed by atoms with Gasteiger partial charge in [-0.25, -0.2) is 15.3 Å². The van der Waals surface area contributed by atoms with Gasteiger partial charge in [0.15, 0.2) is 11.0 Å². The Balaban J connectivity index is 3.05. The van der Waals surface area contributed by atoms with E-state index in [0.29, 0.717) is 5.56 Å². The van der Waals surface area contributed by atoms with Gasteiger partial charge in [0, 0.05) is 5.56 Å². The highest BCUT2D eigenvalue weighted by atomic mass is 35.5. The van der Waals surface area contributed by atoms with E-state index in [0.717, 1.165) is 6.07 Å². The molecule has 0 bridgehead atoms. The largest absolute Gasteiger partial charge is 0.300 e. The molecule has 0 unspecified atom stereocenters. The summed E-state index contributed by atoms with van der Waals surface area (Å²) in [6.07, 6.45) is 0. The Bertz CT molecular complexity index is 295. The molecule has 0 aliphatic heterocycles. The lowest BCUT2D eigenvalue weighted by Gasteiger charge is -2.02. The number of nitrogens with two attached hydrogens (primary N) is 1. The second kappa shape index (κ2) is 4.00. The first-order chi connectivity index (χ1) is 5.65. The minimum atomic E-state index is -0.645. The number of nitrogens with zero attached hydrogens (tertiary/aromatic N) is 1. The van der Waals surface area contributed by atoms with Gasteiger partial charge in [-0.1, -0.05) is 23.2 Å². The van der Waals surface area contributed by atoms with E-state index in [1.54, 1.807) is 0 Å². The highest BCUT2D eigenvalue weighted by molar-refractivity contribution is 6.32. The molecule has 0 amide bonds. The summed E-state index contributed by atoms with van der Waals surface area (Å²) in [6.45, 7) is -0.0000772. The van der Waals surface area contributed by atoms with Gasteiger partial charge >= 0.3 is 0 Å². The Hall–Kier alpha value is -0.420. The van der Waals surface area contributed by atoms with Gasteiger partial charge in [-0.2, -0.15) is 0 Å². The van der Waals surface area contributed by atoms with Gasteiger partial charge in [0.05, 0.1) is 6.61 Å². The fourth-order valence-corrected chi connectivity index (χ4v) is 1.05. The Morgan fingerprint density at radius 3 is 2.75 bits per heavy atom. The standard InChI is InChI=1S/C6H5Cl2FN2O/c7-5-3(2-12-10)1-4(9)6(8)11-5/h1H,2,10H2. The molecule has 2 N–H and O–H groups in total. The fourth-order valence-electron chi connectivity index (χ4n) is 0.674. The smallest absolute Gasteiger partial charge is 0.166 e. The van der Waals surface area contributed by atoms with Crippen LogP contribution < -0.4 is 5.90 Å². The number of pyridine rings is 1. The topological polar surface area (TPSA) is 48.1 Å². The molecule has 0 atom stereocenters. The first kappa shape index (κ1) is 9.67. The second-order valence-corrected chi connectivity index (χ2v) is 2.74. The number of rotatable bonds is 2. The van der Waals surface area contributed by atoms with Gasteiger partial charge in [0.2, 0.25) is 0 Å². The number of hydrogen-bond donors (Lipinski definition) is 1. The molecular weight excluding hydrogens is 206 g/mol. The van der Waals surface area contributed by atoms with Crippen LogP contribution in [0.25, 0.3) is 0 Å². The summed E-state index contributed by atoms with van der Waals surface area (Å²) in [4.78, 5) is 7.78. The summed E-state index contributed by atoms with van der Waals surface area (Å²) in [6, 6.07) is 1.13. The van der Waals surface area contributed by atoms with E-state index in [2.05, 4.69) is 9.82 Å². The lowest BCUT2D eigenvalue weighted by atomic mass is 10.3. The van der Waals surface area contributed by atoms with E-state index in [4.69, 9.17) is 29.1 Å². The van der Waals surface area contributed by atoms with Crippen LogP contribution in [0, 0.1) is 5.82 Å². The zero-order valence-electron chi connectivity index (χ0n) is 5.85. The minimum absolute atomic E-state index is 0.0000772. The van der Waals surface area contributed by atoms with E-state index in [9.17, 15) is 4.39 Å².